The summed E-state index contributed by atoms with van der Waals surface area (Å²) in [6.45, 7) is 1.60. The van der Waals surface area contributed by atoms with Gasteiger partial charge in [0.25, 0.3) is 0 Å². The van der Waals surface area contributed by atoms with Crippen LogP contribution in [0.25, 0.3) is 11.0 Å². The molecule has 0 spiro atoms. The highest BCUT2D eigenvalue weighted by atomic mass is 16.3. The number of rotatable bonds is 4. The van der Waals surface area contributed by atoms with Gasteiger partial charge < -0.3 is 19.9 Å². The van der Waals surface area contributed by atoms with Crippen LogP contribution >= 0.6 is 0 Å². The summed E-state index contributed by atoms with van der Waals surface area (Å²) >= 11 is 0. The Kier molecular flexibility index (Phi) is 3.88. The number of H-pyrrole nitrogens is 1. The molecule has 3 heterocycles. The summed E-state index contributed by atoms with van der Waals surface area (Å²) in [6.07, 6.45) is 5.91. The van der Waals surface area contributed by atoms with Gasteiger partial charge in [0, 0.05) is 38.8 Å². The van der Waals surface area contributed by atoms with Crippen LogP contribution in [0.3, 0.4) is 0 Å². The lowest BCUT2D eigenvalue weighted by Crippen LogP contribution is -2.34. The van der Waals surface area contributed by atoms with Gasteiger partial charge in [-0.05, 0) is 30.7 Å². The first-order chi connectivity index (χ1) is 11.7. The molecule has 2 aromatic rings. The molecule has 1 saturated heterocycles. The zero-order chi connectivity index (χ0) is 16.7. The maximum atomic E-state index is 12.0. The number of carbonyl (C=O) groups excluding carboxylic acids is 1. The predicted molar refractivity (Wildman–Crippen MR) is 90.6 cm³/mol. The van der Waals surface area contributed by atoms with Crippen molar-refractivity contribution in [2.45, 2.75) is 25.3 Å². The summed E-state index contributed by atoms with van der Waals surface area (Å²) in [5, 5.41) is 9.99. The summed E-state index contributed by atoms with van der Waals surface area (Å²) < 4.78 is 0. The number of aromatic amines is 1. The molecule has 2 aliphatic rings. The van der Waals surface area contributed by atoms with E-state index in [1.165, 1.54) is 0 Å². The number of likely N-dealkylation sites (tertiary alicyclic amines) is 1. The zero-order valence-electron chi connectivity index (χ0n) is 13.9. The number of nitrogens with one attached hydrogen (secondary N) is 1. The first-order valence-electron chi connectivity index (χ1n) is 8.57. The van der Waals surface area contributed by atoms with Crippen molar-refractivity contribution in [1.82, 2.24) is 19.9 Å². The monoisotopic (exact) mass is 329 g/mol. The Labute approximate surface area is 140 Å². The fraction of sp³-hybridized carbons (Fsp3) is 0.588. The molecule has 1 saturated carbocycles. The van der Waals surface area contributed by atoms with Crippen molar-refractivity contribution in [3.63, 3.8) is 0 Å². The van der Waals surface area contributed by atoms with Crippen LogP contribution in [0.15, 0.2) is 18.6 Å². The van der Waals surface area contributed by atoms with Crippen molar-refractivity contribution >= 4 is 22.8 Å². The number of fused-ring (bicyclic) bond motifs is 2. The third-order valence-corrected chi connectivity index (χ3v) is 5.62. The number of aromatic nitrogens is 3. The van der Waals surface area contributed by atoms with Crippen molar-refractivity contribution in [1.29, 1.82) is 0 Å². The average Bonchev–Trinajstić information content (AvgIpc) is 3.27. The molecule has 24 heavy (non-hydrogen) atoms. The van der Waals surface area contributed by atoms with E-state index in [9.17, 15) is 4.79 Å². The van der Waals surface area contributed by atoms with Gasteiger partial charge in [-0.2, -0.15) is 0 Å². The van der Waals surface area contributed by atoms with Gasteiger partial charge in [-0.3, -0.25) is 4.79 Å². The smallest absolute Gasteiger partial charge is 0.224 e. The molecule has 7 nitrogen and oxygen atoms in total. The lowest BCUT2D eigenvalue weighted by molar-refractivity contribution is -0.131. The van der Waals surface area contributed by atoms with Crippen LogP contribution < -0.4 is 4.90 Å². The summed E-state index contributed by atoms with van der Waals surface area (Å²) in [4.78, 5) is 28.0. The number of aliphatic hydroxyl groups excluding tert-OH is 1. The first-order valence-corrected chi connectivity index (χ1v) is 8.57. The van der Waals surface area contributed by atoms with E-state index in [1.807, 2.05) is 17.2 Å². The molecular weight excluding hydrogens is 306 g/mol. The first kappa shape index (κ1) is 15.4. The molecule has 0 radical (unpaired) electrons. The molecule has 3 atom stereocenters. The van der Waals surface area contributed by atoms with E-state index in [0.717, 1.165) is 42.8 Å². The Balaban J connectivity index is 1.45. The van der Waals surface area contributed by atoms with Crippen molar-refractivity contribution in [2.24, 2.45) is 11.8 Å². The van der Waals surface area contributed by atoms with Crippen LogP contribution in [0, 0.1) is 11.8 Å². The standard InChI is InChI=1S/C17H23N5O2/c1-21(17-14-2-4-18-16(14)19-10-20-17)13-6-11-8-22(9-12(11)7-13)15(24)3-5-23/h2,4,10-13,23H,3,5-9H2,1H3,(H,18,19,20)/t11-,12+,13?. The number of carbonyl (C=O) groups is 1. The van der Waals surface area contributed by atoms with Crippen LogP contribution in [-0.4, -0.2) is 63.7 Å². The Morgan fingerprint density at radius 1 is 1.38 bits per heavy atom. The lowest BCUT2D eigenvalue weighted by Gasteiger charge is -2.28. The molecule has 0 aromatic carbocycles. The SMILES string of the molecule is CN(c1ncnc2[nH]ccc12)C1C[C@@H]2CN(C(=O)CCO)C[C@@H]2C1. The number of hydrogen-bond acceptors (Lipinski definition) is 5. The maximum absolute atomic E-state index is 12.0. The number of hydrogen-bond donors (Lipinski definition) is 2. The molecule has 128 valence electrons. The van der Waals surface area contributed by atoms with E-state index in [4.69, 9.17) is 5.11 Å². The second kappa shape index (κ2) is 6.05. The van der Waals surface area contributed by atoms with Crippen LogP contribution in [0.2, 0.25) is 0 Å². The minimum atomic E-state index is -0.0591. The number of nitrogens with zero attached hydrogens (tertiary/aromatic N) is 4. The minimum absolute atomic E-state index is 0.0591. The fourth-order valence-electron chi connectivity index (χ4n) is 4.35. The molecule has 1 amide bonds. The molecule has 2 N–H and O–H groups in total. The largest absolute Gasteiger partial charge is 0.396 e. The van der Waals surface area contributed by atoms with E-state index in [-0.39, 0.29) is 18.9 Å². The van der Waals surface area contributed by atoms with Gasteiger partial charge in [0.05, 0.1) is 12.0 Å². The van der Waals surface area contributed by atoms with Crippen molar-refractivity contribution in [3.05, 3.63) is 18.6 Å². The number of anilines is 1. The molecule has 4 rings (SSSR count). The Bertz CT molecular complexity index is 731. The van der Waals surface area contributed by atoms with Gasteiger partial charge in [0.15, 0.2) is 0 Å². The van der Waals surface area contributed by atoms with Crippen LogP contribution in [0.5, 0.6) is 0 Å². The summed E-state index contributed by atoms with van der Waals surface area (Å²) in [5.74, 6) is 2.17. The molecule has 7 heteroatoms. The highest BCUT2D eigenvalue weighted by Crippen LogP contribution is 2.41. The molecule has 2 aromatic heterocycles. The topological polar surface area (TPSA) is 85.4 Å². The minimum Gasteiger partial charge on any atom is -0.396 e. The molecule has 1 unspecified atom stereocenters. The van der Waals surface area contributed by atoms with E-state index >= 15 is 0 Å². The van der Waals surface area contributed by atoms with Gasteiger partial charge in [-0.15, -0.1) is 0 Å². The van der Waals surface area contributed by atoms with Gasteiger partial charge in [0.1, 0.15) is 17.8 Å². The average molecular weight is 329 g/mol. The van der Waals surface area contributed by atoms with Gasteiger partial charge in [0.2, 0.25) is 5.91 Å². The van der Waals surface area contributed by atoms with Gasteiger partial charge in [-0.25, -0.2) is 9.97 Å². The quantitative estimate of drug-likeness (QED) is 0.874. The van der Waals surface area contributed by atoms with E-state index in [0.29, 0.717) is 17.9 Å². The normalized spacial score (nSPS) is 26.1. The molecule has 1 aliphatic heterocycles. The maximum Gasteiger partial charge on any atom is 0.224 e. The highest BCUT2D eigenvalue weighted by molar-refractivity contribution is 5.87. The fourth-order valence-corrected chi connectivity index (χ4v) is 4.35. The molecule has 1 aliphatic carbocycles. The van der Waals surface area contributed by atoms with Crippen LogP contribution in [0.4, 0.5) is 5.82 Å². The van der Waals surface area contributed by atoms with Gasteiger partial charge >= 0.3 is 0 Å². The third-order valence-electron chi connectivity index (χ3n) is 5.62. The lowest BCUT2D eigenvalue weighted by atomic mass is 10.0. The second-order valence-corrected chi connectivity index (χ2v) is 6.97. The Hall–Kier alpha value is -2.15. The molecule has 2 fully saturated rings. The number of aliphatic hydroxyl groups is 1. The van der Waals surface area contributed by atoms with Crippen LogP contribution in [0.1, 0.15) is 19.3 Å². The highest BCUT2D eigenvalue weighted by Gasteiger charge is 2.43. The number of amides is 1. The second-order valence-electron chi connectivity index (χ2n) is 6.97. The summed E-state index contributed by atoms with van der Waals surface area (Å²) in [5.41, 5.74) is 0.866. The molecular formula is C17H23N5O2. The Morgan fingerprint density at radius 2 is 2.12 bits per heavy atom. The van der Waals surface area contributed by atoms with Crippen molar-refractivity contribution in [2.75, 3.05) is 31.6 Å². The van der Waals surface area contributed by atoms with Crippen molar-refractivity contribution < 1.29 is 9.90 Å². The third kappa shape index (κ3) is 2.53. The summed E-state index contributed by atoms with van der Waals surface area (Å²) in [6, 6.07) is 2.47. The summed E-state index contributed by atoms with van der Waals surface area (Å²) in [7, 11) is 2.11. The van der Waals surface area contributed by atoms with Crippen molar-refractivity contribution in [3.8, 4) is 0 Å². The van der Waals surface area contributed by atoms with E-state index in [1.54, 1.807) is 6.33 Å². The van der Waals surface area contributed by atoms with Gasteiger partial charge in [-0.1, -0.05) is 0 Å². The predicted octanol–water partition coefficient (Wildman–Crippen LogP) is 1.01. The zero-order valence-corrected chi connectivity index (χ0v) is 13.9. The Morgan fingerprint density at radius 3 is 2.83 bits per heavy atom. The van der Waals surface area contributed by atoms with E-state index in [2.05, 4.69) is 26.9 Å². The van der Waals surface area contributed by atoms with E-state index < -0.39 is 0 Å². The van der Waals surface area contributed by atoms with Crippen LogP contribution in [-0.2, 0) is 4.79 Å². The molecule has 0 bridgehead atoms.